The third kappa shape index (κ3) is 3.52. The van der Waals surface area contributed by atoms with Crippen LogP contribution in [0.1, 0.15) is 11.7 Å². The summed E-state index contributed by atoms with van der Waals surface area (Å²) < 4.78 is 24.8. The third-order valence-corrected chi connectivity index (χ3v) is 4.83. The summed E-state index contributed by atoms with van der Waals surface area (Å²) in [7, 11) is -3.24. The van der Waals surface area contributed by atoms with Gasteiger partial charge < -0.3 is 9.67 Å². The molecule has 1 N–H and O–H groups in total. The molecule has 2 aromatic heterocycles. The van der Waals surface area contributed by atoms with Gasteiger partial charge in [-0.25, -0.2) is 13.4 Å². The van der Waals surface area contributed by atoms with Crippen LogP contribution in [0, 0.1) is 0 Å². The molecule has 3 rings (SSSR count). The van der Waals surface area contributed by atoms with Crippen LogP contribution in [-0.4, -0.2) is 34.3 Å². The first-order valence-electron chi connectivity index (χ1n) is 7.35. The Kier molecular flexibility index (Phi) is 4.46. The minimum absolute atomic E-state index is 0.233. The molecule has 2 heterocycles. The monoisotopic (exact) mass is 343 g/mol. The molecule has 0 aliphatic rings. The van der Waals surface area contributed by atoms with Crippen molar-refractivity contribution in [2.75, 3.05) is 6.26 Å². The number of hydrogen-bond donors (Lipinski definition) is 1. The number of aromatic nitrogens is 3. The second-order valence-electron chi connectivity index (χ2n) is 5.50. The predicted octanol–water partition coefficient (Wildman–Crippen LogP) is 2.08. The van der Waals surface area contributed by atoms with Gasteiger partial charge >= 0.3 is 0 Å². The smallest absolute Gasteiger partial charge is 0.175 e. The van der Waals surface area contributed by atoms with Crippen LogP contribution < -0.4 is 0 Å². The summed E-state index contributed by atoms with van der Waals surface area (Å²) in [6, 6.07) is 9.99. The van der Waals surface area contributed by atoms with Crippen molar-refractivity contribution < 1.29 is 13.5 Å². The van der Waals surface area contributed by atoms with Crippen molar-refractivity contribution in [1.29, 1.82) is 0 Å². The van der Waals surface area contributed by atoms with E-state index in [9.17, 15) is 13.5 Å². The van der Waals surface area contributed by atoms with Crippen LogP contribution >= 0.6 is 0 Å². The minimum atomic E-state index is -3.24. The van der Waals surface area contributed by atoms with Crippen molar-refractivity contribution in [1.82, 2.24) is 14.5 Å². The Morgan fingerprint density at radius 1 is 1.17 bits per heavy atom. The molecule has 0 spiro atoms. The zero-order valence-electron chi connectivity index (χ0n) is 13.1. The van der Waals surface area contributed by atoms with Crippen LogP contribution in [0.15, 0.2) is 66.1 Å². The number of aliphatic hydroxyl groups is 1. The van der Waals surface area contributed by atoms with Gasteiger partial charge in [0.25, 0.3) is 0 Å². The molecule has 0 saturated heterocycles. The second kappa shape index (κ2) is 6.54. The Morgan fingerprint density at radius 3 is 2.54 bits per heavy atom. The quantitative estimate of drug-likeness (QED) is 0.767. The van der Waals surface area contributed by atoms with Gasteiger partial charge in [0.05, 0.1) is 17.5 Å². The average Bonchev–Trinajstić information content (AvgIpc) is 3.03. The first-order chi connectivity index (χ1) is 11.4. The van der Waals surface area contributed by atoms with E-state index in [2.05, 4.69) is 9.97 Å². The second-order valence-corrected chi connectivity index (χ2v) is 7.52. The van der Waals surface area contributed by atoms with Crippen LogP contribution in [0.3, 0.4) is 0 Å². The lowest BCUT2D eigenvalue weighted by atomic mass is 10.1. The number of sulfone groups is 1. The van der Waals surface area contributed by atoms with Gasteiger partial charge in [-0.05, 0) is 29.8 Å². The topological polar surface area (TPSA) is 85.1 Å². The maximum absolute atomic E-state index is 11.5. The molecule has 24 heavy (non-hydrogen) atoms. The SMILES string of the molecule is CS(=O)(=O)c1ccc(C(O)Cn2ccnc2-c2cccnc2)cc1. The summed E-state index contributed by atoms with van der Waals surface area (Å²) in [6.07, 6.45) is 7.24. The van der Waals surface area contributed by atoms with Gasteiger partial charge in [0, 0.05) is 36.6 Å². The molecule has 0 fully saturated rings. The van der Waals surface area contributed by atoms with Crippen LogP contribution in [0.2, 0.25) is 0 Å². The van der Waals surface area contributed by atoms with E-state index in [0.717, 1.165) is 17.6 Å². The molecular weight excluding hydrogens is 326 g/mol. The first-order valence-corrected chi connectivity index (χ1v) is 9.24. The van der Waals surface area contributed by atoms with Gasteiger partial charge in [-0.1, -0.05) is 12.1 Å². The number of hydrogen-bond acceptors (Lipinski definition) is 5. The van der Waals surface area contributed by atoms with Crippen molar-refractivity contribution in [2.24, 2.45) is 0 Å². The largest absolute Gasteiger partial charge is 0.387 e. The lowest BCUT2D eigenvalue weighted by Gasteiger charge is -2.14. The lowest BCUT2D eigenvalue weighted by molar-refractivity contribution is 0.157. The van der Waals surface area contributed by atoms with E-state index in [1.54, 1.807) is 36.9 Å². The lowest BCUT2D eigenvalue weighted by Crippen LogP contribution is -2.09. The number of rotatable bonds is 5. The standard InChI is InChI=1S/C17H17N3O3S/c1-24(22,23)15-6-4-13(5-7-15)16(21)12-20-10-9-19-17(20)14-3-2-8-18-11-14/h2-11,16,21H,12H2,1H3. The molecular formula is C17H17N3O3S. The van der Waals surface area contributed by atoms with Crippen molar-refractivity contribution in [3.8, 4) is 11.4 Å². The molecule has 1 atom stereocenters. The van der Waals surface area contributed by atoms with Crippen molar-refractivity contribution in [3.63, 3.8) is 0 Å². The van der Waals surface area contributed by atoms with Crippen LogP contribution in [-0.2, 0) is 16.4 Å². The molecule has 1 unspecified atom stereocenters. The van der Waals surface area contributed by atoms with E-state index in [-0.39, 0.29) is 4.90 Å². The highest BCUT2D eigenvalue weighted by Crippen LogP contribution is 2.22. The number of pyridine rings is 1. The van der Waals surface area contributed by atoms with E-state index in [1.807, 2.05) is 16.7 Å². The van der Waals surface area contributed by atoms with Gasteiger partial charge in [0.15, 0.2) is 9.84 Å². The number of imidazole rings is 1. The summed E-state index contributed by atoms with van der Waals surface area (Å²) in [5.74, 6) is 0.718. The molecule has 0 bridgehead atoms. The molecule has 0 aliphatic carbocycles. The fourth-order valence-electron chi connectivity index (χ4n) is 2.44. The highest BCUT2D eigenvalue weighted by Gasteiger charge is 2.14. The van der Waals surface area contributed by atoms with Crippen LogP contribution in [0.5, 0.6) is 0 Å². The summed E-state index contributed by atoms with van der Waals surface area (Å²) in [5, 5.41) is 10.4. The maximum Gasteiger partial charge on any atom is 0.175 e. The van der Waals surface area contributed by atoms with Gasteiger partial charge in [0.2, 0.25) is 0 Å². The summed E-state index contributed by atoms with van der Waals surface area (Å²) in [6.45, 7) is 0.308. The number of aliphatic hydroxyl groups excluding tert-OH is 1. The van der Waals surface area contributed by atoms with E-state index >= 15 is 0 Å². The fraction of sp³-hybridized carbons (Fsp3) is 0.176. The highest BCUT2D eigenvalue weighted by molar-refractivity contribution is 7.90. The Morgan fingerprint density at radius 2 is 1.92 bits per heavy atom. The average molecular weight is 343 g/mol. The molecule has 1 aromatic carbocycles. The molecule has 0 amide bonds. The van der Waals surface area contributed by atoms with Crippen molar-refractivity contribution >= 4 is 9.84 Å². The molecule has 124 valence electrons. The van der Waals surface area contributed by atoms with E-state index in [1.165, 1.54) is 12.1 Å². The van der Waals surface area contributed by atoms with E-state index in [0.29, 0.717) is 12.1 Å². The zero-order chi connectivity index (χ0) is 17.2. The van der Waals surface area contributed by atoms with Gasteiger partial charge in [-0.15, -0.1) is 0 Å². The fourth-order valence-corrected chi connectivity index (χ4v) is 3.07. The summed E-state index contributed by atoms with van der Waals surface area (Å²) in [4.78, 5) is 8.62. The van der Waals surface area contributed by atoms with E-state index in [4.69, 9.17) is 0 Å². The van der Waals surface area contributed by atoms with E-state index < -0.39 is 15.9 Å². The van der Waals surface area contributed by atoms with Crippen LogP contribution in [0.4, 0.5) is 0 Å². The Labute approximate surface area is 140 Å². The highest BCUT2D eigenvalue weighted by atomic mass is 32.2. The van der Waals surface area contributed by atoms with Gasteiger partial charge in [-0.3, -0.25) is 4.98 Å². The predicted molar refractivity (Wildman–Crippen MR) is 90.0 cm³/mol. The summed E-state index contributed by atoms with van der Waals surface area (Å²) in [5.41, 5.74) is 1.51. The number of benzene rings is 1. The molecule has 0 radical (unpaired) electrons. The minimum Gasteiger partial charge on any atom is -0.387 e. The molecule has 6 nitrogen and oxygen atoms in total. The maximum atomic E-state index is 11.5. The van der Waals surface area contributed by atoms with Gasteiger partial charge in [0.1, 0.15) is 5.82 Å². The normalized spacial score (nSPS) is 12.9. The van der Waals surface area contributed by atoms with Crippen LogP contribution in [0.25, 0.3) is 11.4 Å². The Hall–Kier alpha value is -2.51. The Balaban J connectivity index is 1.81. The Bertz CT molecular complexity index is 919. The molecule has 7 heteroatoms. The first kappa shape index (κ1) is 16.4. The number of nitrogens with zero attached hydrogens (tertiary/aromatic N) is 3. The van der Waals surface area contributed by atoms with Crippen molar-refractivity contribution in [3.05, 3.63) is 66.7 Å². The third-order valence-electron chi connectivity index (χ3n) is 3.70. The summed E-state index contributed by atoms with van der Waals surface area (Å²) >= 11 is 0. The molecule has 0 aliphatic heterocycles. The zero-order valence-corrected chi connectivity index (χ0v) is 13.9. The molecule has 3 aromatic rings. The molecule has 0 saturated carbocycles. The van der Waals surface area contributed by atoms with Gasteiger partial charge in [-0.2, -0.15) is 0 Å². The van der Waals surface area contributed by atoms with Crippen molar-refractivity contribution in [2.45, 2.75) is 17.5 Å².